The third kappa shape index (κ3) is 7.04. The number of benzene rings is 2. The minimum Gasteiger partial charge on any atom is -0.465 e. The molecule has 5 rings (SSSR count). The summed E-state index contributed by atoms with van der Waals surface area (Å²) < 4.78 is 39.9. The first-order valence-electron chi connectivity index (χ1n) is 13.8. The Hall–Kier alpha value is -4.22. The summed E-state index contributed by atoms with van der Waals surface area (Å²) in [5.74, 6) is -0.494. The number of carbonyl (C=O) groups is 2. The van der Waals surface area contributed by atoms with E-state index in [0.29, 0.717) is 27.1 Å². The van der Waals surface area contributed by atoms with Crippen LogP contribution in [0.15, 0.2) is 105 Å². The van der Waals surface area contributed by atoms with Crippen molar-refractivity contribution in [1.82, 2.24) is 14.2 Å². The average molecular weight is 667 g/mol. The number of aryl methyl sites for hydroxylation is 1. The first-order valence-corrected chi connectivity index (χ1v) is 16.0. The maximum atomic E-state index is 13.8. The Balaban J connectivity index is 1.46. The van der Waals surface area contributed by atoms with E-state index in [9.17, 15) is 18.0 Å². The van der Waals surface area contributed by atoms with Gasteiger partial charge in [0.15, 0.2) is 0 Å². The number of hydrogen-bond donors (Lipinski definition) is 0. The van der Waals surface area contributed by atoms with E-state index in [2.05, 4.69) is 4.98 Å². The number of nitrogens with zero attached hydrogens (tertiary/aromatic N) is 3. The molecule has 2 aromatic carbocycles. The highest BCUT2D eigenvalue weighted by Crippen LogP contribution is 2.33. The molecule has 1 aliphatic rings. The number of allylic oxidation sites excluding steroid dienone is 1. The summed E-state index contributed by atoms with van der Waals surface area (Å²) in [5, 5.41) is 0.658. The molecule has 0 saturated heterocycles. The van der Waals surface area contributed by atoms with Gasteiger partial charge < -0.3 is 14.1 Å². The molecule has 3 heterocycles. The minimum absolute atomic E-state index is 0.0135. The lowest BCUT2D eigenvalue weighted by atomic mass is 10.1. The molecular formula is C33H29Cl2N3O6S. The minimum atomic E-state index is -3.98. The fraction of sp³-hybridized carbons (Fsp3) is 0.182. The van der Waals surface area contributed by atoms with Crippen molar-refractivity contribution in [2.75, 3.05) is 7.11 Å². The first kappa shape index (κ1) is 32.2. The molecule has 0 aliphatic carbocycles. The summed E-state index contributed by atoms with van der Waals surface area (Å²) in [4.78, 5) is 32.0. The van der Waals surface area contributed by atoms with E-state index in [-0.39, 0.29) is 41.4 Å². The van der Waals surface area contributed by atoms with Crippen LogP contribution in [0.5, 0.6) is 0 Å². The number of halogens is 2. The van der Waals surface area contributed by atoms with Crippen molar-refractivity contribution in [3.05, 3.63) is 134 Å². The van der Waals surface area contributed by atoms with E-state index < -0.39 is 21.9 Å². The van der Waals surface area contributed by atoms with Crippen LogP contribution < -0.4 is 0 Å². The lowest BCUT2D eigenvalue weighted by molar-refractivity contribution is -0.136. The molecule has 0 radical (unpaired) electrons. The second-order valence-corrected chi connectivity index (χ2v) is 13.2. The zero-order chi connectivity index (χ0) is 32.3. The summed E-state index contributed by atoms with van der Waals surface area (Å²) in [5.41, 5.74) is 2.99. The Morgan fingerprint density at radius 2 is 1.76 bits per heavy atom. The first-order chi connectivity index (χ1) is 21.5. The molecule has 0 bridgehead atoms. The van der Waals surface area contributed by atoms with Gasteiger partial charge in [0.2, 0.25) is 10.0 Å². The highest BCUT2D eigenvalue weighted by atomic mass is 35.5. The number of pyridine rings is 1. The van der Waals surface area contributed by atoms with Crippen LogP contribution >= 0.6 is 23.2 Å². The van der Waals surface area contributed by atoms with Gasteiger partial charge in [0, 0.05) is 24.6 Å². The molecule has 0 N–H and O–H groups in total. The Morgan fingerprint density at radius 3 is 2.42 bits per heavy atom. The Labute approximate surface area is 271 Å². The molecule has 0 unspecified atom stereocenters. The SMILES string of the molecule is COC(=O)C1=C(C)N(Cc2cccnc2)C(=O)/C1=C/c1ccc(CN(Cc2ccc(Cl)c(Cl)c2)S(=O)(=O)c2ccc(C)cc2)o1. The summed E-state index contributed by atoms with van der Waals surface area (Å²) in [7, 11) is -2.73. The number of amides is 1. The third-order valence-corrected chi connectivity index (χ3v) is 9.81. The van der Waals surface area contributed by atoms with Crippen LogP contribution in [0.1, 0.15) is 35.1 Å². The largest absolute Gasteiger partial charge is 0.465 e. The second-order valence-electron chi connectivity index (χ2n) is 10.4. The molecular weight excluding hydrogens is 637 g/mol. The molecule has 0 atom stereocenters. The van der Waals surface area contributed by atoms with Crippen molar-refractivity contribution in [3.63, 3.8) is 0 Å². The number of hydrogen-bond acceptors (Lipinski definition) is 7. The van der Waals surface area contributed by atoms with E-state index in [1.54, 1.807) is 80.0 Å². The molecule has 1 amide bonds. The van der Waals surface area contributed by atoms with Gasteiger partial charge in [-0.05, 0) is 73.5 Å². The zero-order valence-corrected chi connectivity index (χ0v) is 27.0. The van der Waals surface area contributed by atoms with E-state index in [1.807, 2.05) is 13.0 Å². The molecule has 12 heteroatoms. The van der Waals surface area contributed by atoms with E-state index in [0.717, 1.165) is 11.1 Å². The smallest absolute Gasteiger partial charge is 0.340 e. The molecule has 4 aromatic rings. The zero-order valence-electron chi connectivity index (χ0n) is 24.7. The fourth-order valence-corrected chi connectivity index (χ4v) is 6.61. The average Bonchev–Trinajstić information content (AvgIpc) is 3.56. The predicted octanol–water partition coefficient (Wildman–Crippen LogP) is 6.55. The Bertz CT molecular complexity index is 1920. The Kier molecular flexibility index (Phi) is 9.59. The molecule has 9 nitrogen and oxygen atoms in total. The number of furan rings is 1. The molecule has 1 aliphatic heterocycles. The van der Waals surface area contributed by atoms with Gasteiger partial charge in [-0.3, -0.25) is 9.78 Å². The van der Waals surface area contributed by atoms with Crippen LogP contribution in [-0.4, -0.2) is 41.6 Å². The van der Waals surface area contributed by atoms with Crippen LogP contribution in [0.3, 0.4) is 0 Å². The number of sulfonamides is 1. The molecule has 0 fully saturated rings. The van der Waals surface area contributed by atoms with Gasteiger partial charge in [-0.2, -0.15) is 4.31 Å². The van der Waals surface area contributed by atoms with E-state index in [4.69, 9.17) is 32.4 Å². The van der Waals surface area contributed by atoms with E-state index >= 15 is 0 Å². The highest BCUT2D eigenvalue weighted by Gasteiger charge is 2.37. The van der Waals surface area contributed by atoms with Crippen molar-refractivity contribution in [1.29, 1.82) is 0 Å². The number of esters is 1. The van der Waals surface area contributed by atoms with Gasteiger partial charge >= 0.3 is 5.97 Å². The van der Waals surface area contributed by atoms with Gasteiger partial charge in [0.1, 0.15) is 11.5 Å². The van der Waals surface area contributed by atoms with Gasteiger partial charge in [-0.15, -0.1) is 0 Å². The standard InChI is InChI=1S/C33H29Cl2N3O6S/c1-21-6-11-27(12-7-21)45(41,42)37(18-23-8-13-29(34)30(35)15-23)20-26-10-9-25(44-26)16-28-31(33(40)43-3)22(2)38(32(28)39)19-24-5-4-14-36-17-24/h4-17H,18-20H2,1-3H3/b28-16+. The van der Waals surface area contributed by atoms with Crippen molar-refractivity contribution < 1.29 is 27.2 Å². The molecule has 2 aromatic heterocycles. The summed E-state index contributed by atoms with van der Waals surface area (Å²) in [6, 6.07) is 18.3. The maximum absolute atomic E-state index is 13.8. The molecule has 45 heavy (non-hydrogen) atoms. The number of rotatable bonds is 10. The molecule has 232 valence electrons. The lowest BCUT2D eigenvalue weighted by Gasteiger charge is -2.22. The molecule has 0 saturated carbocycles. The van der Waals surface area contributed by atoms with Crippen LogP contribution in [-0.2, 0) is 44.0 Å². The number of methoxy groups -OCH3 is 1. The number of carbonyl (C=O) groups excluding carboxylic acids is 2. The van der Waals surface area contributed by atoms with Gasteiger partial charge in [0.05, 0.1) is 46.3 Å². The third-order valence-electron chi connectivity index (χ3n) is 7.27. The van der Waals surface area contributed by atoms with Crippen molar-refractivity contribution in [3.8, 4) is 0 Å². The highest BCUT2D eigenvalue weighted by molar-refractivity contribution is 7.89. The Morgan fingerprint density at radius 1 is 1.00 bits per heavy atom. The topological polar surface area (TPSA) is 110 Å². The fourth-order valence-electron chi connectivity index (χ4n) is 4.89. The van der Waals surface area contributed by atoms with Crippen molar-refractivity contribution >= 4 is 51.2 Å². The van der Waals surface area contributed by atoms with Gasteiger partial charge in [0.25, 0.3) is 5.91 Å². The quantitative estimate of drug-likeness (QED) is 0.139. The number of ether oxygens (including phenoxy) is 1. The summed E-state index contributed by atoms with van der Waals surface area (Å²) in [6.45, 7) is 3.62. The van der Waals surface area contributed by atoms with Crippen molar-refractivity contribution in [2.45, 2.75) is 38.4 Å². The van der Waals surface area contributed by atoms with Crippen molar-refractivity contribution in [2.24, 2.45) is 0 Å². The van der Waals surface area contributed by atoms with Gasteiger partial charge in [-0.1, -0.05) is 53.0 Å². The van der Waals surface area contributed by atoms with Crippen LogP contribution in [0.2, 0.25) is 10.0 Å². The van der Waals surface area contributed by atoms with Gasteiger partial charge in [-0.25, -0.2) is 13.2 Å². The lowest BCUT2D eigenvalue weighted by Crippen LogP contribution is -2.30. The normalized spacial score (nSPS) is 14.6. The summed E-state index contributed by atoms with van der Waals surface area (Å²) in [6.07, 6.45) is 4.74. The molecule has 0 spiro atoms. The maximum Gasteiger partial charge on any atom is 0.340 e. The van der Waals surface area contributed by atoms with Crippen LogP contribution in [0.25, 0.3) is 6.08 Å². The number of aromatic nitrogens is 1. The van der Waals surface area contributed by atoms with Crippen LogP contribution in [0.4, 0.5) is 0 Å². The van der Waals surface area contributed by atoms with E-state index in [1.165, 1.54) is 22.4 Å². The summed E-state index contributed by atoms with van der Waals surface area (Å²) >= 11 is 12.3. The van der Waals surface area contributed by atoms with Crippen LogP contribution in [0, 0.1) is 6.92 Å². The second kappa shape index (κ2) is 13.4. The predicted molar refractivity (Wildman–Crippen MR) is 170 cm³/mol. The monoisotopic (exact) mass is 665 g/mol.